The van der Waals surface area contributed by atoms with E-state index in [0.29, 0.717) is 18.9 Å². The number of hydrogen-bond donors (Lipinski definition) is 1. The number of carbonyl (C=O) groups excluding carboxylic acids is 1. The number of rotatable bonds is 18. The molecule has 0 unspecified atom stereocenters. The minimum absolute atomic E-state index is 0.0485. The molecule has 0 aliphatic carbocycles. The van der Waals surface area contributed by atoms with Crippen LogP contribution in [0.4, 0.5) is 0 Å². The van der Waals surface area contributed by atoms with Gasteiger partial charge in [-0.1, -0.05) is 83.8 Å². The second kappa shape index (κ2) is 17.1. The summed E-state index contributed by atoms with van der Waals surface area (Å²) in [5, 5.41) is 3.00. The van der Waals surface area contributed by atoms with E-state index in [9.17, 15) is 4.79 Å². The standard InChI is InChI=1S/C29H46N2O3/c1-4-6-7-8-9-10-11-12-13-14-22-34-27-16-15-25(23-28(27)33-3)24-30-29(32)26-17-20-31(19-5-2)21-18-26/h15-18,20,23H,4-14,19,21-22,24H2,1-3H3,(H,30,32). The van der Waals surface area contributed by atoms with E-state index >= 15 is 0 Å². The van der Waals surface area contributed by atoms with Crippen molar-refractivity contribution in [2.24, 2.45) is 0 Å². The van der Waals surface area contributed by atoms with Crippen LogP contribution in [0.15, 0.2) is 42.1 Å². The summed E-state index contributed by atoms with van der Waals surface area (Å²) >= 11 is 0. The van der Waals surface area contributed by atoms with Crippen LogP contribution in [0.3, 0.4) is 0 Å². The van der Waals surface area contributed by atoms with Crippen LogP contribution in [-0.2, 0) is 11.3 Å². The normalized spacial score (nSPS) is 13.0. The molecule has 2 rings (SSSR count). The fraction of sp³-hybridized carbons (Fsp3) is 0.621. The van der Waals surface area contributed by atoms with Gasteiger partial charge in [-0.3, -0.25) is 4.79 Å². The molecule has 5 nitrogen and oxygen atoms in total. The third kappa shape index (κ3) is 10.7. The Kier molecular flexibility index (Phi) is 14.0. The SMILES string of the molecule is CCCCCCCCCCCCOc1ccc(CNC(=O)C2=CCN(CCC)C=C2)cc1OC. The quantitative estimate of drug-likeness (QED) is 0.240. The largest absolute Gasteiger partial charge is 0.493 e. The lowest BCUT2D eigenvalue weighted by Crippen LogP contribution is -2.28. The highest BCUT2D eigenvalue weighted by molar-refractivity contribution is 5.96. The Bertz CT molecular complexity index is 773. The molecule has 0 radical (unpaired) electrons. The van der Waals surface area contributed by atoms with Gasteiger partial charge in [0.15, 0.2) is 11.5 Å². The lowest BCUT2D eigenvalue weighted by Gasteiger charge is -2.21. The molecule has 1 N–H and O–H groups in total. The van der Waals surface area contributed by atoms with Crippen molar-refractivity contribution in [3.05, 3.63) is 47.7 Å². The van der Waals surface area contributed by atoms with E-state index in [2.05, 4.69) is 24.1 Å². The molecule has 1 aromatic carbocycles. The molecule has 0 fully saturated rings. The molecule has 1 aliphatic rings. The Morgan fingerprint density at radius 3 is 2.26 bits per heavy atom. The Labute approximate surface area is 207 Å². The lowest BCUT2D eigenvalue weighted by molar-refractivity contribution is -0.117. The van der Waals surface area contributed by atoms with E-state index in [1.165, 1.54) is 57.8 Å². The fourth-order valence-corrected chi connectivity index (χ4v) is 4.15. The van der Waals surface area contributed by atoms with Gasteiger partial charge < -0.3 is 19.7 Å². The molecular formula is C29H46N2O3. The maximum Gasteiger partial charge on any atom is 0.251 e. The zero-order valence-corrected chi connectivity index (χ0v) is 21.7. The van der Waals surface area contributed by atoms with Gasteiger partial charge in [-0.2, -0.15) is 0 Å². The third-order valence-corrected chi connectivity index (χ3v) is 6.22. The van der Waals surface area contributed by atoms with Crippen molar-refractivity contribution >= 4 is 5.91 Å². The summed E-state index contributed by atoms with van der Waals surface area (Å²) in [4.78, 5) is 14.7. The fourth-order valence-electron chi connectivity index (χ4n) is 4.15. The topological polar surface area (TPSA) is 50.8 Å². The second-order valence-corrected chi connectivity index (χ2v) is 9.17. The molecule has 0 saturated carbocycles. The van der Waals surface area contributed by atoms with Crippen molar-refractivity contribution < 1.29 is 14.3 Å². The van der Waals surface area contributed by atoms with Crippen molar-refractivity contribution in [3.8, 4) is 11.5 Å². The maximum absolute atomic E-state index is 12.5. The Balaban J connectivity index is 1.65. The summed E-state index contributed by atoms with van der Waals surface area (Å²) in [5.41, 5.74) is 1.71. The minimum Gasteiger partial charge on any atom is -0.493 e. The number of nitrogens with one attached hydrogen (secondary N) is 1. The van der Waals surface area contributed by atoms with E-state index in [1.54, 1.807) is 7.11 Å². The molecule has 34 heavy (non-hydrogen) atoms. The molecule has 1 aromatic rings. The first-order valence-electron chi connectivity index (χ1n) is 13.4. The van der Waals surface area contributed by atoms with E-state index < -0.39 is 0 Å². The molecule has 1 amide bonds. The molecule has 5 heteroatoms. The van der Waals surface area contributed by atoms with Gasteiger partial charge in [0.05, 0.1) is 13.7 Å². The molecule has 190 valence electrons. The molecule has 1 aliphatic heterocycles. The molecule has 0 saturated heterocycles. The van der Waals surface area contributed by atoms with Gasteiger partial charge in [-0.15, -0.1) is 0 Å². The van der Waals surface area contributed by atoms with Crippen molar-refractivity contribution in [2.45, 2.75) is 91.0 Å². The molecular weight excluding hydrogens is 424 g/mol. The Morgan fingerprint density at radius 2 is 1.65 bits per heavy atom. The van der Waals surface area contributed by atoms with Crippen molar-refractivity contribution in [1.82, 2.24) is 10.2 Å². The number of ether oxygens (including phenoxy) is 2. The van der Waals surface area contributed by atoms with Crippen molar-refractivity contribution in [3.63, 3.8) is 0 Å². The van der Waals surface area contributed by atoms with Crippen molar-refractivity contribution in [2.75, 3.05) is 26.8 Å². The van der Waals surface area contributed by atoms with Crippen LogP contribution in [0.1, 0.15) is 90.0 Å². The van der Waals surface area contributed by atoms with Crippen molar-refractivity contribution in [1.29, 1.82) is 0 Å². The zero-order chi connectivity index (χ0) is 24.4. The molecule has 0 spiro atoms. The van der Waals surface area contributed by atoms with E-state index in [-0.39, 0.29) is 5.91 Å². The summed E-state index contributed by atoms with van der Waals surface area (Å²) in [6, 6.07) is 5.88. The van der Waals surface area contributed by atoms with Crippen LogP contribution in [0.2, 0.25) is 0 Å². The van der Waals surface area contributed by atoms with Crippen LogP contribution in [0.5, 0.6) is 11.5 Å². The maximum atomic E-state index is 12.5. The molecule has 1 heterocycles. The second-order valence-electron chi connectivity index (χ2n) is 9.17. The van der Waals surface area contributed by atoms with E-state index in [1.807, 2.05) is 36.6 Å². The monoisotopic (exact) mass is 470 g/mol. The highest BCUT2D eigenvalue weighted by Crippen LogP contribution is 2.28. The van der Waals surface area contributed by atoms with Crippen LogP contribution in [-0.4, -0.2) is 37.6 Å². The van der Waals surface area contributed by atoms with E-state index in [0.717, 1.165) is 42.8 Å². The minimum atomic E-state index is -0.0485. The number of carbonyl (C=O) groups is 1. The molecule has 0 aromatic heterocycles. The number of methoxy groups -OCH3 is 1. The van der Waals surface area contributed by atoms with Crippen LogP contribution >= 0.6 is 0 Å². The average Bonchev–Trinajstić information content (AvgIpc) is 2.86. The molecule has 0 atom stereocenters. The van der Waals surface area contributed by atoms with Gasteiger partial charge in [0.1, 0.15) is 0 Å². The summed E-state index contributed by atoms with van der Waals surface area (Å²) < 4.78 is 11.5. The smallest absolute Gasteiger partial charge is 0.251 e. The van der Waals surface area contributed by atoms with Gasteiger partial charge in [-0.05, 0) is 36.6 Å². The first-order chi connectivity index (χ1) is 16.7. The van der Waals surface area contributed by atoms with Crippen LogP contribution in [0, 0.1) is 0 Å². The lowest BCUT2D eigenvalue weighted by atomic mass is 10.1. The van der Waals surface area contributed by atoms with Gasteiger partial charge in [0.2, 0.25) is 0 Å². The zero-order valence-electron chi connectivity index (χ0n) is 21.7. The predicted molar refractivity (Wildman–Crippen MR) is 141 cm³/mol. The average molecular weight is 471 g/mol. The number of nitrogens with zero attached hydrogens (tertiary/aromatic N) is 1. The number of hydrogen-bond acceptors (Lipinski definition) is 4. The third-order valence-electron chi connectivity index (χ3n) is 6.22. The molecule has 0 bridgehead atoms. The van der Waals surface area contributed by atoms with Gasteiger partial charge in [0.25, 0.3) is 5.91 Å². The number of benzene rings is 1. The summed E-state index contributed by atoms with van der Waals surface area (Å²) in [7, 11) is 1.66. The Hall–Kier alpha value is -2.43. The first kappa shape index (κ1) is 27.8. The van der Waals surface area contributed by atoms with Gasteiger partial charge in [0, 0.05) is 31.4 Å². The van der Waals surface area contributed by atoms with Gasteiger partial charge in [-0.25, -0.2) is 0 Å². The van der Waals surface area contributed by atoms with Crippen LogP contribution in [0.25, 0.3) is 0 Å². The van der Waals surface area contributed by atoms with Crippen LogP contribution < -0.4 is 14.8 Å². The first-order valence-corrected chi connectivity index (χ1v) is 13.4. The summed E-state index contributed by atoms with van der Waals surface area (Å²) in [5.74, 6) is 1.43. The highest BCUT2D eigenvalue weighted by Gasteiger charge is 2.12. The Morgan fingerprint density at radius 1 is 0.941 bits per heavy atom. The highest BCUT2D eigenvalue weighted by atomic mass is 16.5. The summed E-state index contributed by atoms with van der Waals surface area (Å²) in [6.07, 6.45) is 20.1. The predicted octanol–water partition coefficient (Wildman–Crippen LogP) is 6.78. The number of amides is 1. The summed E-state index contributed by atoms with van der Waals surface area (Å²) in [6.45, 7) is 7.38. The van der Waals surface area contributed by atoms with Gasteiger partial charge >= 0.3 is 0 Å². The van der Waals surface area contributed by atoms with E-state index in [4.69, 9.17) is 9.47 Å². The number of unbranched alkanes of at least 4 members (excludes halogenated alkanes) is 9.